The molecule has 0 aliphatic rings. The largest absolute Gasteiger partial charge is 0.465 e. The molecular formula is C14H15NO2. The Kier molecular flexibility index (Phi) is 4.47. The minimum Gasteiger partial charge on any atom is -0.465 e. The fourth-order valence-corrected chi connectivity index (χ4v) is 1.39. The van der Waals surface area contributed by atoms with E-state index in [0.29, 0.717) is 5.92 Å². The van der Waals surface area contributed by atoms with Gasteiger partial charge in [-0.15, -0.1) is 0 Å². The molecule has 0 saturated carbocycles. The molecule has 1 rings (SSSR count). The number of benzene rings is 1. The van der Waals surface area contributed by atoms with Crippen molar-refractivity contribution >= 4 is 12.0 Å². The van der Waals surface area contributed by atoms with Gasteiger partial charge >= 0.3 is 5.97 Å². The molecule has 17 heavy (non-hydrogen) atoms. The number of hydrogen-bond donors (Lipinski definition) is 0. The molecule has 1 aromatic rings. The summed E-state index contributed by atoms with van der Waals surface area (Å²) in [5.74, 6) is -0.149. The van der Waals surface area contributed by atoms with Crippen molar-refractivity contribution in [1.29, 1.82) is 5.26 Å². The Morgan fingerprint density at radius 3 is 2.35 bits per heavy atom. The zero-order valence-electron chi connectivity index (χ0n) is 10.2. The molecule has 0 N–H and O–H groups in total. The molecule has 0 saturated heterocycles. The zero-order valence-corrected chi connectivity index (χ0v) is 10.2. The molecule has 3 nitrogen and oxygen atoms in total. The van der Waals surface area contributed by atoms with Gasteiger partial charge in [-0.1, -0.05) is 38.1 Å². The monoisotopic (exact) mass is 229 g/mol. The highest BCUT2D eigenvalue weighted by atomic mass is 16.5. The fourth-order valence-electron chi connectivity index (χ4n) is 1.39. The van der Waals surface area contributed by atoms with Crippen molar-refractivity contribution in [3.8, 4) is 6.07 Å². The maximum absolute atomic E-state index is 11.2. The van der Waals surface area contributed by atoms with Gasteiger partial charge in [-0.05, 0) is 23.1 Å². The van der Waals surface area contributed by atoms with Gasteiger partial charge in [-0.2, -0.15) is 5.26 Å². The van der Waals surface area contributed by atoms with Crippen molar-refractivity contribution in [3.63, 3.8) is 0 Å². The maximum atomic E-state index is 11.2. The van der Waals surface area contributed by atoms with Crippen molar-refractivity contribution in [2.75, 3.05) is 7.11 Å². The maximum Gasteiger partial charge on any atom is 0.348 e. The molecule has 0 unspecified atom stereocenters. The first-order chi connectivity index (χ1) is 8.08. The highest BCUT2D eigenvalue weighted by Gasteiger charge is 2.08. The fraction of sp³-hybridized carbons (Fsp3) is 0.286. The SMILES string of the molecule is COC(=O)/C(C#N)=C\c1ccc(C(C)C)cc1. The number of ether oxygens (including phenoxy) is 1. The van der Waals surface area contributed by atoms with Gasteiger partial charge in [-0.3, -0.25) is 0 Å². The summed E-state index contributed by atoms with van der Waals surface area (Å²) in [6.07, 6.45) is 1.52. The van der Waals surface area contributed by atoms with Crippen LogP contribution < -0.4 is 0 Å². The van der Waals surface area contributed by atoms with Crippen molar-refractivity contribution in [1.82, 2.24) is 0 Å². The van der Waals surface area contributed by atoms with E-state index in [1.54, 1.807) is 0 Å². The van der Waals surface area contributed by atoms with Crippen LogP contribution in [-0.4, -0.2) is 13.1 Å². The normalized spacial score (nSPS) is 11.1. The molecule has 88 valence electrons. The summed E-state index contributed by atoms with van der Waals surface area (Å²) in [6.45, 7) is 4.22. The third-order valence-corrected chi connectivity index (χ3v) is 2.44. The number of carbonyl (C=O) groups excluding carboxylic acids is 1. The van der Waals surface area contributed by atoms with Crippen LogP contribution in [0.25, 0.3) is 6.08 Å². The van der Waals surface area contributed by atoms with Gasteiger partial charge in [0.1, 0.15) is 11.6 Å². The van der Waals surface area contributed by atoms with E-state index in [4.69, 9.17) is 5.26 Å². The Morgan fingerprint density at radius 2 is 1.94 bits per heavy atom. The molecule has 3 heteroatoms. The third-order valence-electron chi connectivity index (χ3n) is 2.44. The Bertz CT molecular complexity index is 464. The van der Waals surface area contributed by atoms with E-state index < -0.39 is 5.97 Å². The van der Waals surface area contributed by atoms with Crippen molar-refractivity contribution < 1.29 is 9.53 Å². The molecule has 0 aliphatic heterocycles. The van der Waals surface area contributed by atoms with E-state index in [1.807, 2.05) is 30.3 Å². The van der Waals surface area contributed by atoms with Crippen LogP contribution in [0, 0.1) is 11.3 Å². The summed E-state index contributed by atoms with van der Waals surface area (Å²) in [5, 5.41) is 8.81. The molecule has 0 aliphatic carbocycles. The van der Waals surface area contributed by atoms with Gasteiger partial charge in [0.25, 0.3) is 0 Å². The number of hydrogen-bond acceptors (Lipinski definition) is 3. The van der Waals surface area contributed by atoms with Crippen molar-refractivity contribution in [2.24, 2.45) is 0 Å². The lowest BCUT2D eigenvalue weighted by atomic mass is 10.0. The molecule has 0 radical (unpaired) electrons. The van der Waals surface area contributed by atoms with Crippen LogP contribution in [0.1, 0.15) is 30.9 Å². The first-order valence-electron chi connectivity index (χ1n) is 5.38. The van der Waals surface area contributed by atoms with Crippen LogP contribution in [0.15, 0.2) is 29.8 Å². The number of rotatable bonds is 3. The summed E-state index contributed by atoms with van der Waals surface area (Å²) < 4.78 is 4.51. The molecule has 0 aromatic heterocycles. The second kappa shape index (κ2) is 5.86. The average molecular weight is 229 g/mol. The number of carbonyl (C=O) groups is 1. The molecule has 1 aromatic carbocycles. The molecule has 0 amide bonds. The minimum absolute atomic E-state index is 0.00444. The van der Waals surface area contributed by atoms with Gasteiger partial charge in [0, 0.05) is 0 Å². The molecule has 0 atom stereocenters. The number of esters is 1. The molecule has 0 fully saturated rings. The second-order valence-electron chi connectivity index (χ2n) is 3.98. The molecular weight excluding hydrogens is 214 g/mol. The van der Waals surface area contributed by atoms with E-state index in [1.165, 1.54) is 18.7 Å². The zero-order chi connectivity index (χ0) is 12.8. The smallest absolute Gasteiger partial charge is 0.348 e. The molecule has 0 spiro atoms. The number of nitrogens with zero attached hydrogens (tertiary/aromatic N) is 1. The summed E-state index contributed by atoms with van der Waals surface area (Å²) in [6, 6.07) is 9.57. The first kappa shape index (κ1) is 13.0. The quantitative estimate of drug-likeness (QED) is 0.455. The van der Waals surface area contributed by atoms with Crippen LogP contribution in [0.2, 0.25) is 0 Å². The number of methoxy groups -OCH3 is 1. The standard InChI is InChI=1S/C14H15NO2/c1-10(2)12-6-4-11(5-7-12)8-13(9-15)14(16)17-3/h4-8,10H,1-3H3/b13-8-. The predicted octanol–water partition coefficient (Wildman–Crippen LogP) is 2.89. The van der Waals surface area contributed by atoms with Crippen LogP contribution in [0.5, 0.6) is 0 Å². The number of nitriles is 1. The topological polar surface area (TPSA) is 50.1 Å². The van der Waals surface area contributed by atoms with Crippen molar-refractivity contribution in [3.05, 3.63) is 41.0 Å². The summed E-state index contributed by atoms with van der Waals surface area (Å²) >= 11 is 0. The van der Waals surface area contributed by atoms with E-state index in [2.05, 4.69) is 18.6 Å². The van der Waals surface area contributed by atoms with Gasteiger partial charge in [-0.25, -0.2) is 4.79 Å². The van der Waals surface area contributed by atoms with Crippen LogP contribution >= 0.6 is 0 Å². The Morgan fingerprint density at radius 1 is 1.35 bits per heavy atom. The highest BCUT2D eigenvalue weighted by molar-refractivity contribution is 5.97. The van der Waals surface area contributed by atoms with Gasteiger partial charge in [0.05, 0.1) is 7.11 Å². The van der Waals surface area contributed by atoms with Crippen LogP contribution in [0.4, 0.5) is 0 Å². The van der Waals surface area contributed by atoms with E-state index in [-0.39, 0.29) is 5.57 Å². The van der Waals surface area contributed by atoms with E-state index >= 15 is 0 Å². The Hall–Kier alpha value is -2.08. The van der Waals surface area contributed by atoms with E-state index in [0.717, 1.165) is 5.56 Å². The average Bonchev–Trinajstić information content (AvgIpc) is 2.35. The lowest BCUT2D eigenvalue weighted by molar-refractivity contribution is -0.135. The summed E-state index contributed by atoms with van der Waals surface area (Å²) in [7, 11) is 1.26. The second-order valence-corrected chi connectivity index (χ2v) is 3.98. The summed E-state index contributed by atoms with van der Waals surface area (Å²) in [5.41, 5.74) is 2.04. The van der Waals surface area contributed by atoms with Crippen molar-refractivity contribution in [2.45, 2.75) is 19.8 Å². The first-order valence-corrected chi connectivity index (χ1v) is 5.38. The third kappa shape index (κ3) is 3.46. The Labute approximate surface area is 101 Å². The lowest BCUT2D eigenvalue weighted by Crippen LogP contribution is -2.02. The van der Waals surface area contributed by atoms with Crippen LogP contribution in [-0.2, 0) is 9.53 Å². The molecule has 0 bridgehead atoms. The van der Waals surface area contributed by atoms with Gasteiger partial charge in [0.15, 0.2) is 0 Å². The molecule has 0 heterocycles. The predicted molar refractivity (Wildman–Crippen MR) is 66.1 cm³/mol. The summed E-state index contributed by atoms with van der Waals surface area (Å²) in [4.78, 5) is 11.2. The lowest BCUT2D eigenvalue weighted by Gasteiger charge is -2.04. The van der Waals surface area contributed by atoms with E-state index in [9.17, 15) is 4.79 Å². The van der Waals surface area contributed by atoms with Gasteiger partial charge < -0.3 is 4.74 Å². The van der Waals surface area contributed by atoms with Gasteiger partial charge in [0.2, 0.25) is 0 Å². The Balaban J connectivity index is 2.98. The van der Waals surface area contributed by atoms with Crippen LogP contribution in [0.3, 0.4) is 0 Å². The highest BCUT2D eigenvalue weighted by Crippen LogP contribution is 2.16. The minimum atomic E-state index is -0.611.